The van der Waals surface area contributed by atoms with Crippen LogP contribution in [-0.2, 0) is 37.4 Å². The second-order valence-corrected chi connectivity index (χ2v) is 13.6. The molecule has 0 aliphatic rings. The first-order chi connectivity index (χ1) is 22.5. The normalized spacial score (nSPS) is 12.2. The van der Waals surface area contributed by atoms with Crippen LogP contribution in [-0.4, -0.2) is 25.4 Å². The van der Waals surface area contributed by atoms with Crippen molar-refractivity contribution >= 4 is 49.3 Å². The second kappa shape index (κ2) is 15.6. The van der Waals surface area contributed by atoms with Crippen LogP contribution in [0.25, 0.3) is 54.7 Å². The van der Waals surface area contributed by atoms with Gasteiger partial charge in [0.1, 0.15) is 12.0 Å². The van der Waals surface area contributed by atoms with Crippen LogP contribution in [0.1, 0.15) is 79.7 Å². The molecule has 1 radical (unpaired) electrons. The minimum atomic E-state index is 0. The van der Waals surface area contributed by atoms with Crippen LogP contribution < -0.4 is 0 Å². The second-order valence-electron chi connectivity index (χ2n) is 13.6. The van der Waals surface area contributed by atoms with Gasteiger partial charge in [0.15, 0.2) is 5.78 Å². The molecule has 0 bridgehead atoms. The summed E-state index contributed by atoms with van der Waals surface area (Å²) < 4.78 is 2.17. The van der Waals surface area contributed by atoms with E-state index in [0.717, 1.165) is 58.9 Å². The Morgan fingerprint density at radius 1 is 0.854 bits per heavy atom. The average molecular weight is 819 g/mol. The Bertz CT molecular complexity index is 2080. The van der Waals surface area contributed by atoms with Crippen LogP contribution in [0.3, 0.4) is 0 Å². The number of benzene rings is 4. The van der Waals surface area contributed by atoms with Crippen molar-refractivity contribution in [3.05, 3.63) is 96.5 Å². The quantitative estimate of drug-likeness (QED) is 0.0944. The first-order valence-electron chi connectivity index (χ1n) is 17.0. The summed E-state index contributed by atoms with van der Waals surface area (Å²) >= 11 is 0. The summed E-state index contributed by atoms with van der Waals surface area (Å²) in [5.41, 5.74) is 5.37. The van der Waals surface area contributed by atoms with E-state index in [1.807, 2.05) is 27.7 Å². The summed E-state index contributed by atoms with van der Waals surface area (Å²) in [5.74, 6) is 0.547. The van der Waals surface area contributed by atoms with Crippen LogP contribution in [0.5, 0.6) is 0 Å². The van der Waals surface area contributed by atoms with Gasteiger partial charge in [-0.2, -0.15) is 0 Å². The topological polar surface area (TPSA) is 68.0 Å². The number of ketones is 1. The summed E-state index contributed by atoms with van der Waals surface area (Å²) in [5, 5.41) is 16.9. The fourth-order valence-corrected chi connectivity index (χ4v) is 6.74. The molecule has 0 fully saturated rings. The predicted molar refractivity (Wildman–Crippen MR) is 198 cm³/mol. The summed E-state index contributed by atoms with van der Waals surface area (Å²) in [4.78, 5) is 21.2. The van der Waals surface area contributed by atoms with E-state index in [2.05, 4.69) is 110 Å². The molecule has 0 aliphatic heterocycles. The molecule has 0 saturated carbocycles. The standard InChI is InChI=1S/C29H24N3.C13H24O2.Ir/c1-29(2,3)23-16-20(15-19-10-6-7-11-21(19)23)27-26-25-22-12-8-5-9-18(22)13-14-24(25)32(4)28(26)31-17-30-27;1-5-10(6-2)12(14)9-13(15)11(7-3)8-4;/h5-14,16-17H,1-4H3;9-11,14H,5-8H2,1-4H3;/q-1;;/b;12-9-;. The van der Waals surface area contributed by atoms with Crippen molar-refractivity contribution < 1.29 is 30.0 Å². The number of rotatable bonds is 8. The molecule has 0 atom stereocenters. The maximum absolute atomic E-state index is 11.7. The van der Waals surface area contributed by atoms with Crippen molar-refractivity contribution in [1.82, 2.24) is 14.5 Å². The van der Waals surface area contributed by atoms with Gasteiger partial charge < -0.3 is 9.67 Å². The molecule has 0 amide bonds. The molecule has 253 valence electrons. The van der Waals surface area contributed by atoms with E-state index >= 15 is 0 Å². The Morgan fingerprint density at radius 2 is 1.48 bits per heavy atom. The molecule has 0 aliphatic carbocycles. The fraction of sp³-hybridized carbons (Fsp3) is 0.357. The maximum Gasteiger partial charge on any atom is 0.162 e. The number of fused-ring (bicyclic) bond motifs is 6. The molecule has 48 heavy (non-hydrogen) atoms. The van der Waals surface area contributed by atoms with E-state index in [1.165, 1.54) is 33.2 Å². The largest absolute Gasteiger partial charge is 0.512 e. The number of aryl methyl sites for hydroxylation is 1. The van der Waals surface area contributed by atoms with Crippen LogP contribution in [0.2, 0.25) is 0 Å². The van der Waals surface area contributed by atoms with E-state index in [0.29, 0.717) is 0 Å². The minimum absolute atomic E-state index is 0. The number of aromatic nitrogens is 3. The molecule has 5 nitrogen and oxygen atoms in total. The zero-order valence-electron chi connectivity index (χ0n) is 29.5. The van der Waals surface area contributed by atoms with Gasteiger partial charge in [-0.25, -0.2) is 4.98 Å². The zero-order valence-corrected chi connectivity index (χ0v) is 31.9. The molecular formula is C42H48IrN3O2-. The van der Waals surface area contributed by atoms with Gasteiger partial charge in [-0.1, -0.05) is 108 Å². The number of carbonyl (C=O) groups is 1. The van der Waals surface area contributed by atoms with E-state index in [9.17, 15) is 9.90 Å². The summed E-state index contributed by atoms with van der Waals surface area (Å²) in [6.07, 6.45) is 6.59. The molecule has 6 aromatic rings. The first kappa shape index (κ1) is 37.0. The van der Waals surface area contributed by atoms with Crippen LogP contribution in [0.4, 0.5) is 0 Å². The van der Waals surface area contributed by atoms with Gasteiger partial charge in [0.05, 0.1) is 11.3 Å². The molecule has 2 heterocycles. The zero-order chi connectivity index (χ0) is 33.9. The number of nitrogens with zero attached hydrogens (tertiary/aromatic N) is 3. The average Bonchev–Trinajstić information content (AvgIpc) is 3.37. The molecule has 1 N–H and O–H groups in total. The van der Waals surface area contributed by atoms with E-state index < -0.39 is 0 Å². The van der Waals surface area contributed by atoms with Crippen molar-refractivity contribution in [3.63, 3.8) is 0 Å². The van der Waals surface area contributed by atoms with Gasteiger partial charge in [0.25, 0.3) is 0 Å². The molecule has 0 spiro atoms. The van der Waals surface area contributed by atoms with E-state index in [4.69, 9.17) is 4.98 Å². The van der Waals surface area contributed by atoms with Gasteiger partial charge in [-0.05, 0) is 47.9 Å². The Balaban J connectivity index is 0.000000279. The van der Waals surface area contributed by atoms with Gasteiger partial charge in [-0.3, -0.25) is 9.78 Å². The van der Waals surface area contributed by atoms with Crippen LogP contribution in [0, 0.1) is 17.9 Å². The van der Waals surface area contributed by atoms with Crippen molar-refractivity contribution in [2.45, 2.75) is 79.6 Å². The third-order valence-electron chi connectivity index (χ3n) is 9.58. The van der Waals surface area contributed by atoms with E-state index in [-0.39, 0.29) is 48.9 Å². The Morgan fingerprint density at radius 3 is 2.12 bits per heavy atom. The van der Waals surface area contributed by atoms with Crippen molar-refractivity contribution in [2.75, 3.05) is 0 Å². The SMILES string of the molecule is CCC(CC)C(=O)/C=C(\O)C(CC)CC.Cn1c2ccc3ccccc3c2c2c(-c3[c-]c4ccccc4c(C(C)(C)C)c3)ncnc21.[Ir]. The van der Waals surface area contributed by atoms with Gasteiger partial charge in [0.2, 0.25) is 0 Å². The number of carbonyl (C=O) groups excluding carboxylic acids is 1. The molecule has 6 heteroatoms. The Hall–Kier alpha value is -3.86. The number of hydrogen-bond donors (Lipinski definition) is 1. The fourth-order valence-electron chi connectivity index (χ4n) is 6.74. The molecular weight excluding hydrogens is 771 g/mol. The Labute approximate surface area is 298 Å². The summed E-state index contributed by atoms with van der Waals surface area (Å²) in [6, 6.07) is 27.4. The molecule has 2 aromatic heterocycles. The van der Waals surface area contributed by atoms with Crippen LogP contribution >= 0.6 is 0 Å². The molecule has 4 aromatic carbocycles. The number of allylic oxidation sites excluding steroid dienone is 2. The summed E-state index contributed by atoms with van der Waals surface area (Å²) in [7, 11) is 2.08. The first-order valence-corrected chi connectivity index (χ1v) is 17.0. The van der Waals surface area contributed by atoms with Gasteiger partial charge >= 0.3 is 0 Å². The van der Waals surface area contributed by atoms with Crippen molar-refractivity contribution in [3.8, 4) is 11.3 Å². The third-order valence-corrected chi connectivity index (χ3v) is 9.58. The van der Waals surface area contributed by atoms with Crippen LogP contribution in [0.15, 0.2) is 84.9 Å². The molecule has 0 unspecified atom stereocenters. The van der Waals surface area contributed by atoms with Gasteiger partial charge in [0, 0.05) is 61.5 Å². The smallest absolute Gasteiger partial charge is 0.162 e. The number of aliphatic hydroxyl groups excluding tert-OH is 1. The molecule has 6 rings (SSSR count). The molecule has 0 saturated heterocycles. The number of hydrogen-bond acceptors (Lipinski definition) is 4. The predicted octanol–water partition coefficient (Wildman–Crippen LogP) is 11.1. The number of aliphatic hydroxyl groups is 1. The Kier molecular flexibility index (Phi) is 12.0. The van der Waals surface area contributed by atoms with Crippen molar-refractivity contribution in [1.29, 1.82) is 0 Å². The monoisotopic (exact) mass is 819 g/mol. The summed E-state index contributed by atoms with van der Waals surface area (Å²) in [6.45, 7) is 14.9. The van der Waals surface area contributed by atoms with E-state index in [1.54, 1.807) is 6.33 Å². The minimum Gasteiger partial charge on any atom is -0.512 e. The maximum atomic E-state index is 11.7. The third kappa shape index (κ3) is 7.26. The van der Waals surface area contributed by atoms with Gasteiger partial charge in [-0.15, -0.1) is 29.1 Å². The van der Waals surface area contributed by atoms with Crippen molar-refractivity contribution in [2.24, 2.45) is 18.9 Å².